The Labute approximate surface area is 164 Å². The van der Waals surface area contributed by atoms with Gasteiger partial charge in [-0.1, -0.05) is 73.3 Å². The van der Waals surface area contributed by atoms with Crippen molar-refractivity contribution < 1.29 is 9.59 Å². The highest BCUT2D eigenvalue weighted by atomic mass is 16.2. The van der Waals surface area contributed by atoms with Crippen LogP contribution in [0.1, 0.15) is 28.9 Å². The van der Waals surface area contributed by atoms with E-state index in [-0.39, 0.29) is 17.9 Å². The predicted molar refractivity (Wildman–Crippen MR) is 113 cm³/mol. The van der Waals surface area contributed by atoms with Crippen LogP contribution in [0.2, 0.25) is 0 Å². The van der Waals surface area contributed by atoms with E-state index in [1.165, 1.54) is 6.08 Å². The summed E-state index contributed by atoms with van der Waals surface area (Å²) in [5.74, 6) is -0.607. The molecule has 3 aromatic carbocycles. The molecular formula is C24H22N2O2. The largest absolute Gasteiger partial charge is 0.345 e. The Bertz CT molecular complexity index is 979. The molecule has 2 amide bonds. The molecule has 2 N–H and O–H groups in total. The first-order chi connectivity index (χ1) is 13.6. The molecule has 0 heterocycles. The van der Waals surface area contributed by atoms with Crippen LogP contribution in [0.4, 0.5) is 5.69 Å². The van der Waals surface area contributed by atoms with Crippen molar-refractivity contribution in [1.29, 1.82) is 0 Å². The molecule has 0 radical (unpaired) electrons. The summed E-state index contributed by atoms with van der Waals surface area (Å²) in [4.78, 5) is 24.3. The van der Waals surface area contributed by atoms with Crippen molar-refractivity contribution in [2.45, 2.75) is 13.0 Å². The van der Waals surface area contributed by atoms with Crippen molar-refractivity contribution in [2.75, 3.05) is 5.32 Å². The third kappa shape index (κ3) is 4.54. The summed E-state index contributed by atoms with van der Waals surface area (Å²) in [6.45, 7) is 5.37. The number of hydrogen-bond donors (Lipinski definition) is 2. The normalized spacial score (nSPS) is 11.3. The minimum atomic E-state index is -0.357. The second-order valence-electron chi connectivity index (χ2n) is 6.42. The molecule has 3 aromatic rings. The van der Waals surface area contributed by atoms with Crippen LogP contribution in [0.25, 0.3) is 11.1 Å². The lowest BCUT2D eigenvalue weighted by atomic mass is 10.0. The number of rotatable bonds is 6. The van der Waals surface area contributed by atoms with Gasteiger partial charge >= 0.3 is 0 Å². The van der Waals surface area contributed by atoms with Crippen LogP contribution in [0.15, 0.2) is 91.5 Å². The Kier molecular flexibility index (Phi) is 6.02. The molecule has 0 aliphatic heterocycles. The van der Waals surface area contributed by atoms with Crippen molar-refractivity contribution in [2.24, 2.45) is 0 Å². The molecule has 4 nitrogen and oxygen atoms in total. The first-order valence-electron chi connectivity index (χ1n) is 9.07. The zero-order valence-corrected chi connectivity index (χ0v) is 15.7. The fourth-order valence-electron chi connectivity index (χ4n) is 2.93. The Morgan fingerprint density at radius 2 is 1.46 bits per heavy atom. The minimum absolute atomic E-state index is 0.180. The number of para-hydroxylation sites is 1. The Morgan fingerprint density at radius 1 is 0.857 bits per heavy atom. The maximum atomic E-state index is 12.7. The molecule has 0 aliphatic carbocycles. The lowest BCUT2D eigenvalue weighted by Gasteiger charge is -2.16. The molecule has 140 valence electrons. The molecule has 0 saturated carbocycles. The van der Waals surface area contributed by atoms with Gasteiger partial charge in [0.1, 0.15) is 0 Å². The van der Waals surface area contributed by atoms with Gasteiger partial charge in [0.25, 0.3) is 5.91 Å². The summed E-state index contributed by atoms with van der Waals surface area (Å²) in [6.07, 6.45) is 1.17. The Balaban J connectivity index is 1.73. The Hall–Kier alpha value is -3.66. The van der Waals surface area contributed by atoms with Gasteiger partial charge in [0.15, 0.2) is 0 Å². The van der Waals surface area contributed by atoms with Crippen LogP contribution in [0.3, 0.4) is 0 Å². The highest BCUT2D eigenvalue weighted by Gasteiger charge is 2.15. The molecule has 0 bridgehead atoms. The van der Waals surface area contributed by atoms with E-state index in [9.17, 15) is 9.59 Å². The number of nitrogens with one attached hydrogen (secondary N) is 2. The van der Waals surface area contributed by atoms with Crippen LogP contribution in [0, 0.1) is 0 Å². The quantitative estimate of drug-likeness (QED) is 0.602. The highest BCUT2D eigenvalue weighted by molar-refractivity contribution is 6.06. The van der Waals surface area contributed by atoms with Crippen LogP contribution in [0.5, 0.6) is 0 Å². The second kappa shape index (κ2) is 8.82. The number of amides is 2. The van der Waals surface area contributed by atoms with Gasteiger partial charge in [0, 0.05) is 0 Å². The van der Waals surface area contributed by atoms with Crippen molar-refractivity contribution in [3.63, 3.8) is 0 Å². The monoisotopic (exact) mass is 370 g/mol. The molecule has 0 aliphatic rings. The van der Waals surface area contributed by atoms with E-state index in [0.29, 0.717) is 11.3 Å². The smallest absolute Gasteiger partial charge is 0.253 e. The van der Waals surface area contributed by atoms with Crippen LogP contribution >= 0.6 is 0 Å². The van der Waals surface area contributed by atoms with Gasteiger partial charge in [0.2, 0.25) is 5.91 Å². The third-order valence-electron chi connectivity index (χ3n) is 4.48. The maximum Gasteiger partial charge on any atom is 0.253 e. The van der Waals surface area contributed by atoms with Crippen molar-refractivity contribution in [3.8, 4) is 11.1 Å². The zero-order chi connectivity index (χ0) is 19.9. The van der Waals surface area contributed by atoms with Crippen molar-refractivity contribution in [1.82, 2.24) is 5.32 Å². The van der Waals surface area contributed by atoms with E-state index in [4.69, 9.17) is 0 Å². The van der Waals surface area contributed by atoms with E-state index in [0.717, 1.165) is 16.7 Å². The molecule has 3 rings (SSSR count). The molecule has 28 heavy (non-hydrogen) atoms. The summed E-state index contributed by atoms with van der Waals surface area (Å²) in [5, 5.41) is 5.65. The average molecular weight is 370 g/mol. The van der Waals surface area contributed by atoms with Crippen LogP contribution in [-0.2, 0) is 4.79 Å². The van der Waals surface area contributed by atoms with Crippen molar-refractivity contribution >= 4 is 17.5 Å². The molecule has 4 heteroatoms. The SMILES string of the molecule is C=CC(=O)Nc1ccccc1C(=O)NC(C)c1ccc(-c2ccccc2)cc1. The molecule has 1 unspecified atom stereocenters. The predicted octanol–water partition coefficient (Wildman–Crippen LogP) is 4.97. The Morgan fingerprint density at radius 3 is 2.14 bits per heavy atom. The standard InChI is InChI=1S/C24H22N2O2/c1-3-23(27)26-22-12-8-7-11-21(22)24(28)25-17(2)18-13-15-20(16-14-18)19-9-5-4-6-10-19/h3-17H,1H2,2H3,(H,25,28)(H,26,27). The molecular weight excluding hydrogens is 348 g/mol. The van der Waals surface area contributed by atoms with Gasteiger partial charge < -0.3 is 10.6 Å². The number of anilines is 1. The van der Waals surface area contributed by atoms with E-state index in [2.05, 4.69) is 29.3 Å². The summed E-state index contributed by atoms with van der Waals surface area (Å²) in [7, 11) is 0. The van der Waals surface area contributed by atoms with Crippen LogP contribution < -0.4 is 10.6 Å². The molecule has 1 atom stereocenters. The number of hydrogen-bond acceptors (Lipinski definition) is 2. The fourth-order valence-corrected chi connectivity index (χ4v) is 2.93. The lowest BCUT2D eigenvalue weighted by molar-refractivity contribution is -0.111. The van der Waals surface area contributed by atoms with E-state index < -0.39 is 0 Å². The number of benzene rings is 3. The molecule has 0 saturated heterocycles. The number of carbonyl (C=O) groups excluding carboxylic acids is 2. The van der Waals surface area contributed by atoms with Gasteiger partial charge in [0.05, 0.1) is 17.3 Å². The summed E-state index contributed by atoms with van der Waals surface area (Å²) in [5.41, 5.74) is 4.14. The maximum absolute atomic E-state index is 12.7. The van der Waals surface area contributed by atoms with Gasteiger partial charge in [-0.05, 0) is 41.8 Å². The first kappa shape index (κ1) is 19.1. The molecule has 0 aromatic heterocycles. The van der Waals surface area contributed by atoms with E-state index in [1.807, 2.05) is 49.4 Å². The summed E-state index contributed by atoms with van der Waals surface area (Å²) >= 11 is 0. The molecule has 0 fully saturated rings. The minimum Gasteiger partial charge on any atom is -0.345 e. The van der Waals surface area contributed by atoms with E-state index in [1.54, 1.807) is 24.3 Å². The number of carbonyl (C=O) groups is 2. The summed E-state index contributed by atoms with van der Waals surface area (Å²) < 4.78 is 0. The topological polar surface area (TPSA) is 58.2 Å². The second-order valence-corrected chi connectivity index (χ2v) is 6.42. The first-order valence-corrected chi connectivity index (χ1v) is 9.07. The van der Waals surface area contributed by atoms with Crippen LogP contribution in [-0.4, -0.2) is 11.8 Å². The lowest BCUT2D eigenvalue weighted by Crippen LogP contribution is -2.27. The van der Waals surface area contributed by atoms with Gasteiger partial charge in [-0.25, -0.2) is 0 Å². The van der Waals surface area contributed by atoms with Crippen molar-refractivity contribution in [3.05, 3.63) is 103 Å². The average Bonchev–Trinajstić information content (AvgIpc) is 2.74. The third-order valence-corrected chi connectivity index (χ3v) is 4.48. The fraction of sp³-hybridized carbons (Fsp3) is 0.0833. The zero-order valence-electron chi connectivity index (χ0n) is 15.7. The van der Waals surface area contributed by atoms with Gasteiger partial charge in [-0.2, -0.15) is 0 Å². The van der Waals surface area contributed by atoms with Gasteiger partial charge in [-0.15, -0.1) is 0 Å². The summed E-state index contributed by atoms with van der Waals surface area (Å²) in [6, 6.07) is 25.0. The van der Waals surface area contributed by atoms with E-state index >= 15 is 0 Å². The highest BCUT2D eigenvalue weighted by Crippen LogP contribution is 2.22. The molecule has 0 spiro atoms. The van der Waals surface area contributed by atoms with Gasteiger partial charge in [-0.3, -0.25) is 9.59 Å².